The number of nitrogens with one attached hydrogen (secondary N) is 1. The molecule has 1 saturated carbocycles. The monoisotopic (exact) mass is 239 g/mol. The number of carbonyl (C=O) groups is 2. The molecule has 1 aromatic rings. The van der Waals surface area contributed by atoms with E-state index in [9.17, 15) is 9.59 Å². The lowest BCUT2D eigenvalue weighted by molar-refractivity contribution is -0.116. The van der Waals surface area contributed by atoms with E-state index in [0.717, 1.165) is 29.7 Å². The summed E-state index contributed by atoms with van der Waals surface area (Å²) in [7, 11) is 0. The van der Waals surface area contributed by atoms with Crippen LogP contribution in [-0.4, -0.2) is 17.0 Å². The summed E-state index contributed by atoms with van der Waals surface area (Å²) < 4.78 is 0. The van der Waals surface area contributed by atoms with E-state index in [1.165, 1.54) is 0 Å². The first-order chi connectivity index (χ1) is 7.58. The van der Waals surface area contributed by atoms with Gasteiger partial charge in [-0.1, -0.05) is 0 Å². The van der Waals surface area contributed by atoms with Gasteiger partial charge in [0.15, 0.2) is 0 Å². The maximum atomic E-state index is 11.6. The van der Waals surface area contributed by atoms with Crippen LogP contribution >= 0.6 is 11.3 Å². The molecule has 2 N–H and O–H groups in total. The second-order valence-electron chi connectivity index (χ2n) is 4.12. The number of thiophene rings is 1. The Labute approximate surface area is 97.3 Å². The third-order valence-electron chi connectivity index (χ3n) is 2.60. The van der Waals surface area contributed by atoms with Gasteiger partial charge in [0.1, 0.15) is 4.88 Å². The summed E-state index contributed by atoms with van der Waals surface area (Å²) in [5.74, 6) is -0.557. The molecule has 0 aromatic carbocycles. The predicted octanol–water partition coefficient (Wildman–Crippen LogP) is 2.49. The largest absolute Gasteiger partial charge is 0.477 e. The number of rotatable bonds is 4. The van der Waals surface area contributed by atoms with Crippen LogP contribution in [0.4, 0.5) is 5.69 Å². The maximum Gasteiger partial charge on any atom is 0.348 e. The molecule has 0 saturated heterocycles. The molecule has 1 amide bonds. The predicted molar refractivity (Wildman–Crippen MR) is 62.0 cm³/mol. The van der Waals surface area contributed by atoms with Crippen molar-refractivity contribution in [3.8, 4) is 0 Å². The molecule has 0 bridgehead atoms. The molecule has 1 aliphatic carbocycles. The van der Waals surface area contributed by atoms with E-state index >= 15 is 0 Å². The van der Waals surface area contributed by atoms with Gasteiger partial charge in [-0.15, -0.1) is 11.3 Å². The Hall–Kier alpha value is -1.36. The van der Waals surface area contributed by atoms with E-state index in [1.54, 1.807) is 12.3 Å². The van der Waals surface area contributed by atoms with Crippen molar-refractivity contribution >= 4 is 28.9 Å². The van der Waals surface area contributed by atoms with Crippen LogP contribution in [0.15, 0.2) is 5.38 Å². The summed E-state index contributed by atoms with van der Waals surface area (Å²) >= 11 is 1.15. The Morgan fingerprint density at radius 1 is 1.56 bits per heavy atom. The average molecular weight is 239 g/mol. The molecule has 0 aliphatic heterocycles. The average Bonchev–Trinajstić information content (AvgIpc) is 2.92. The van der Waals surface area contributed by atoms with Crippen molar-refractivity contribution in [2.45, 2.75) is 26.2 Å². The molecule has 16 heavy (non-hydrogen) atoms. The molecule has 4 nitrogen and oxygen atoms in total. The van der Waals surface area contributed by atoms with Gasteiger partial charge in [-0.2, -0.15) is 0 Å². The number of hydrogen-bond acceptors (Lipinski definition) is 3. The van der Waals surface area contributed by atoms with E-state index in [2.05, 4.69) is 5.32 Å². The molecule has 0 radical (unpaired) electrons. The van der Waals surface area contributed by atoms with Gasteiger partial charge in [0.2, 0.25) is 5.91 Å². The highest BCUT2D eigenvalue weighted by Crippen LogP contribution is 2.33. The summed E-state index contributed by atoms with van der Waals surface area (Å²) in [4.78, 5) is 22.7. The molecule has 0 unspecified atom stereocenters. The Morgan fingerprint density at radius 2 is 2.25 bits per heavy atom. The quantitative estimate of drug-likeness (QED) is 0.848. The third-order valence-corrected chi connectivity index (χ3v) is 3.69. The summed E-state index contributed by atoms with van der Waals surface area (Å²) in [6.45, 7) is 1.80. The number of carbonyl (C=O) groups excluding carboxylic acids is 1. The topological polar surface area (TPSA) is 66.4 Å². The van der Waals surface area contributed by atoms with Crippen LogP contribution in [0.5, 0.6) is 0 Å². The number of amides is 1. The van der Waals surface area contributed by atoms with Crippen LogP contribution in [0.3, 0.4) is 0 Å². The summed E-state index contributed by atoms with van der Waals surface area (Å²) in [6.07, 6.45) is 2.73. The number of anilines is 1. The lowest BCUT2D eigenvalue weighted by Gasteiger charge is -2.05. The van der Waals surface area contributed by atoms with Gasteiger partial charge in [-0.05, 0) is 36.6 Å². The Kier molecular flexibility index (Phi) is 2.96. The minimum absolute atomic E-state index is 0.0773. The highest BCUT2D eigenvalue weighted by molar-refractivity contribution is 7.12. The molecule has 1 aliphatic rings. The molecule has 0 spiro atoms. The second kappa shape index (κ2) is 4.25. The zero-order valence-electron chi connectivity index (χ0n) is 8.95. The normalized spacial score (nSPS) is 14.8. The smallest absolute Gasteiger partial charge is 0.348 e. The van der Waals surface area contributed by atoms with Gasteiger partial charge < -0.3 is 10.4 Å². The summed E-state index contributed by atoms with van der Waals surface area (Å²) in [5, 5.41) is 13.4. The first-order valence-corrected chi connectivity index (χ1v) is 6.07. The van der Waals surface area contributed by atoms with E-state index in [0.29, 0.717) is 18.0 Å². The molecular weight excluding hydrogens is 226 g/mol. The number of carboxylic acids is 1. The first kappa shape index (κ1) is 11.1. The lowest BCUT2D eigenvalue weighted by atomic mass is 10.2. The van der Waals surface area contributed by atoms with Crippen molar-refractivity contribution in [2.24, 2.45) is 5.92 Å². The number of aryl methyl sites for hydroxylation is 1. The zero-order chi connectivity index (χ0) is 11.7. The maximum absolute atomic E-state index is 11.6. The van der Waals surface area contributed by atoms with Crippen LogP contribution in [-0.2, 0) is 4.79 Å². The molecule has 0 atom stereocenters. The molecule has 2 rings (SSSR count). The minimum atomic E-state index is -0.986. The Bertz CT molecular complexity index is 434. The molecule has 86 valence electrons. The van der Waals surface area contributed by atoms with Crippen molar-refractivity contribution in [2.75, 3.05) is 5.32 Å². The van der Waals surface area contributed by atoms with Crippen LogP contribution in [0.1, 0.15) is 34.5 Å². The fourth-order valence-corrected chi connectivity index (χ4v) is 2.37. The van der Waals surface area contributed by atoms with Crippen molar-refractivity contribution in [1.29, 1.82) is 0 Å². The molecular formula is C11H13NO3S. The van der Waals surface area contributed by atoms with Gasteiger partial charge in [-0.3, -0.25) is 4.79 Å². The number of aromatic carboxylic acids is 1. The van der Waals surface area contributed by atoms with Crippen molar-refractivity contribution < 1.29 is 14.7 Å². The highest BCUT2D eigenvalue weighted by atomic mass is 32.1. The summed E-state index contributed by atoms with van der Waals surface area (Å²) in [6, 6.07) is 0. The van der Waals surface area contributed by atoms with Gasteiger partial charge in [0.25, 0.3) is 0 Å². The van der Waals surface area contributed by atoms with Gasteiger partial charge in [-0.25, -0.2) is 4.79 Å². The fourth-order valence-electron chi connectivity index (χ4n) is 1.53. The third kappa shape index (κ3) is 2.41. The number of hydrogen-bond donors (Lipinski definition) is 2. The van der Waals surface area contributed by atoms with Crippen molar-refractivity contribution in [3.63, 3.8) is 0 Å². The first-order valence-electron chi connectivity index (χ1n) is 5.19. The van der Waals surface area contributed by atoms with Crippen LogP contribution in [0.2, 0.25) is 0 Å². The second-order valence-corrected chi connectivity index (χ2v) is 5.00. The van der Waals surface area contributed by atoms with Crippen LogP contribution < -0.4 is 5.32 Å². The Balaban J connectivity index is 2.09. The molecule has 1 aromatic heterocycles. The van der Waals surface area contributed by atoms with Gasteiger partial charge in [0, 0.05) is 6.42 Å². The van der Waals surface area contributed by atoms with Crippen molar-refractivity contribution in [1.82, 2.24) is 0 Å². The van der Waals surface area contributed by atoms with Crippen LogP contribution in [0.25, 0.3) is 0 Å². The Morgan fingerprint density at radius 3 is 2.81 bits per heavy atom. The van der Waals surface area contributed by atoms with E-state index in [4.69, 9.17) is 5.11 Å². The van der Waals surface area contributed by atoms with E-state index < -0.39 is 5.97 Å². The highest BCUT2D eigenvalue weighted by Gasteiger charge is 2.25. The lowest BCUT2D eigenvalue weighted by Crippen LogP contribution is -2.14. The number of carboxylic acid groups (broad SMARTS) is 1. The molecule has 1 fully saturated rings. The minimum Gasteiger partial charge on any atom is -0.477 e. The van der Waals surface area contributed by atoms with E-state index in [-0.39, 0.29) is 10.8 Å². The fraction of sp³-hybridized carbons (Fsp3) is 0.455. The SMILES string of the molecule is Cc1csc(C(=O)O)c1NC(=O)CC1CC1. The standard InChI is InChI=1S/C11H13NO3S/c1-6-5-16-10(11(14)15)9(6)12-8(13)4-7-2-3-7/h5,7H,2-4H2,1H3,(H,12,13)(H,14,15). The molecule has 5 heteroatoms. The summed E-state index contributed by atoms with van der Waals surface area (Å²) in [5.41, 5.74) is 1.27. The van der Waals surface area contributed by atoms with Crippen LogP contribution in [0, 0.1) is 12.8 Å². The van der Waals surface area contributed by atoms with E-state index in [1.807, 2.05) is 0 Å². The molecule has 1 heterocycles. The van der Waals surface area contributed by atoms with Crippen molar-refractivity contribution in [3.05, 3.63) is 15.8 Å². The zero-order valence-corrected chi connectivity index (χ0v) is 9.76. The van der Waals surface area contributed by atoms with Gasteiger partial charge >= 0.3 is 5.97 Å². The van der Waals surface area contributed by atoms with Gasteiger partial charge in [0.05, 0.1) is 5.69 Å².